The van der Waals surface area contributed by atoms with E-state index in [1.165, 1.54) is 5.39 Å². The molecular weight excluding hydrogens is 372 g/mol. The smallest absolute Gasteiger partial charge is 0.183 e. The van der Waals surface area contributed by atoms with Crippen LogP contribution in [0.15, 0.2) is 56.3 Å². The first-order chi connectivity index (χ1) is 9.24. The van der Waals surface area contributed by atoms with Gasteiger partial charge in [0.25, 0.3) is 0 Å². The Labute approximate surface area is 127 Å². The minimum atomic E-state index is 0.623. The Hall–Kier alpha value is -1.33. The third-order valence-corrected chi connectivity index (χ3v) is 4.54. The van der Waals surface area contributed by atoms with Crippen LogP contribution in [-0.4, -0.2) is 4.98 Å². The van der Waals surface area contributed by atoms with Crippen LogP contribution in [0, 0.1) is 0 Å². The van der Waals surface area contributed by atoms with E-state index < -0.39 is 0 Å². The maximum atomic E-state index is 5.54. The van der Waals surface area contributed by atoms with Gasteiger partial charge in [-0.1, -0.05) is 12.1 Å². The molecule has 2 heterocycles. The van der Waals surface area contributed by atoms with E-state index >= 15 is 0 Å². The number of hydrogen-bond donors (Lipinski definition) is 1. The fraction of sp³-hybridized carbons (Fsp3) is 0.0714. The highest BCUT2D eigenvalue weighted by Gasteiger charge is 2.06. The number of furan rings is 1. The molecule has 1 N–H and O–H groups in total. The molecule has 0 saturated carbocycles. The molecule has 0 atom stereocenters. The van der Waals surface area contributed by atoms with E-state index in [1.54, 1.807) is 6.20 Å². The molecule has 96 valence electrons. The van der Waals surface area contributed by atoms with Crippen LogP contribution in [-0.2, 0) is 6.54 Å². The van der Waals surface area contributed by atoms with Crippen molar-refractivity contribution in [2.24, 2.45) is 0 Å². The summed E-state index contributed by atoms with van der Waals surface area (Å²) in [7, 11) is 0. The van der Waals surface area contributed by atoms with Crippen molar-refractivity contribution in [2.75, 3.05) is 5.32 Å². The molecular formula is C14H10Br2N2O. The summed E-state index contributed by atoms with van der Waals surface area (Å²) < 4.78 is 7.17. The molecule has 0 unspecified atom stereocenters. The quantitative estimate of drug-likeness (QED) is 0.696. The van der Waals surface area contributed by atoms with Gasteiger partial charge in [-0.25, -0.2) is 0 Å². The van der Waals surface area contributed by atoms with Crippen molar-refractivity contribution in [3.05, 3.63) is 57.6 Å². The molecule has 0 aliphatic heterocycles. The van der Waals surface area contributed by atoms with Gasteiger partial charge < -0.3 is 9.73 Å². The lowest BCUT2D eigenvalue weighted by Crippen LogP contribution is -1.98. The summed E-state index contributed by atoms with van der Waals surface area (Å²) in [6.07, 6.45) is 3.67. The minimum Gasteiger partial charge on any atom is -0.451 e. The van der Waals surface area contributed by atoms with Gasteiger partial charge in [-0.05, 0) is 55.4 Å². The molecule has 0 spiro atoms. The fourth-order valence-corrected chi connectivity index (χ4v) is 2.59. The molecule has 2 aromatic heterocycles. The Morgan fingerprint density at radius 3 is 2.89 bits per heavy atom. The summed E-state index contributed by atoms with van der Waals surface area (Å²) in [6, 6.07) is 10.1. The number of hydrogen-bond acceptors (Lipinski definition) is 3. The van der Waals surface area contributed by atoms with Crippen LogP contribution >= 0.6 is 31.9 Å². The van der Waals surface area contributed by atoms with Crippen molar-refractivity contribution in [1.82, 2.24) is 4.98 Å². The minimum absolute atomic E-state index is 0.623. The van der Waals surface area contributed by atoms with Crippen molar-refractivity contribution in [1.29, 1.82) is 0 Å². The number of nitrogens with one attached hydrogen (secondary N) is 1. The van der Waals surface area contributed by atoms with E-state index in [0.29, 0.717) is 11.2 Å². The number of nitrogens with zero attached hydrogens (tertiary/aromatic N) is 1. The van der Waals surface area contributed by atoms with Gasteiger partial charge in [0.15, 0.2) is 4.67 Å². The van der Waals surface area contributed by atoms with Gasteiger partial charge in [0.2, 0.25) is 0 Å². The Morgan fingerprint density at radius 2 is 2.11 bits per heavy atom. The predicted molar refractivity (Wildman–Crippen MR) is 83.2 cm³/mol. The number of rotatable bonds is 3. The Balaban J connectivity index is 1.85. The average Bonchev–Trinajstić information content (AvgIpc) is 2.75. The summed E-state index contributed by atoms with van der Waals surface area (Å²) in [5, 5.41) is 5.64. The number of anilines is 1. The molecule has 3 aromatic rings. The standard InChI is InChI=1S/C14H10Br2N2O/c15-12-6-10(19-14(12)16)7-18-13-3-1-2-9-4-5-17-8-11(9)13/h1-6,8,18H,7H2. The Morgan fingerprint density at radius 1 is 1.21 bits per heavy atom. The van der Waals surface area contributed by atoms with Gasteiger partial charge in [0, 0.05) is 23.5 Å². The maximum absolute atomic E-state index is 5.54. The highest BCUT2D eigenvalue weighted by molar-refractivity contribution is 9.13. The van der Waals surface area contributed by atoms with Gasteiger partial charge in [-0.2, -0.15) is 0 Å². The van der Waals surface area contributed by atoms with Crippen molar-refractivity contribution in [3.63, 3.8) is 0 Å². The van der Waals surface area contributed by atoms with Crippen LogP contribution in [0.1, 0.15) is 5.76 Å². The highest BCUT2D eigenvalue weighted by Crippen LogP contribution is 2.28. The monoisotopic (exact) mass is 380 g/mol. The predicted octanol–water partition coefficient (Wildman–Crippen LogP) is 4.96. The molecule has 0 radical (unpaired) electrons. The molecule has 1 aromatic carbocycles. The van der Waals surface area contributed by atoms with Crippen LogP contribution in [0.3, 0.4) is 0 Å². The second kappa shape index (κ2) is 5.35. The lowest BCUT2D eigenvalue weighted by Gasteiger charge is -2.07. The molecule has 5 heteroatoms. The number of aromatic nitrogens is 1. The van der Waals surface area contributed by atoms with Gasteiger partial charge in [0.05, 0.1) is 11.0 Å². The number of pyridine rings is 1. The van der Waals surface area contributed by atoms with E-state index in [0.717, 1.165) is 21.3 Å². The molecule has 3 nitrogen and oxygen atoms in total. The van der Waals surface area contributed by atoms with E-state index in [4.69, 9.17) is 4.42 Å². The van der Waals surface area contributed by atoms with Gasteiger partial charge in [0.1, 0.15) is 5.76 Å². The number of benzene rings is 1. The van der Waals surface area contributed by atoms with Crippen LogP contribution in [0.2, 0.25) is 0 Å². The maximum Gasteiger partial charge on any atom is 0.183 e. The summed E-state index contributed by atoms with van der Waals surface area (Å²) in [5.74, 6) is 0.861. The molecule has 0 aliphatic carbocycles. The zero-order valence-corrected chi connectivity index (χ0v) is 13.0. The van der Waals surface area contributed by atoms with E-state index in [1.807, 2.05) is 30.5 Å². The van der Waals surface area contributed by atoms with Crippen LogP contribution < -0.4 is 5.32 Å². The molecule has 3 rings (SSSR count). The zero-order chi connectivity index (χ0) is 13.2. The van der Waals surface area contributed by atoms with Gasteiger partial charge in [-0.15, -0.1) is 0 Å². The van der Waals surface area contributed by atoms with Crippen molar-refractivity contribution in [3.8, 4) is 0 Å². The van der Waals surface area contributed by atoms with Crippen LogP contribution in [0.4, 0.5) is 5.69 Å². The van der Waals surface area contributed by atoms with Crippen molar-refractivity contribution >= 4 is 48.3 Å². The van der Waals surface area contributed by atoms with Gasteiger partial charge in [-0.3, -0.25) is 4.98 Å². The third kappa shape index (κ3) is 2.67. The fourth-order valence-electron chi connectivity index (χ4n) is 1.93. The van der Waals surface area contributed by atoms with Crippen LogP contribution in [0.25, 0.3) is 10.8 Å². The van der Waals surface area contributed by atoms with E-state index in [9.17, 15) is 0 Å². The van der Waals surface area contributed by atoms with E-state index in [-0.39, 0.29) is 0 Å². The van der Waals surface area contributed by atoms with Crippen LogP contribution in [0.5, 0.6) is 0 Å². The normalized spacial score (nSPS) is 10.8. The number of halogens is 2. The summed E-state index contributed by atoms with van der Waals surface area (Å²) >= 11 is 6.73. The second-order valence-electron chi connectivity index (χ2n) is 4.09. The summed E-state index contributed by atoms with van der Waals surface area (Å²) in [6.45, 7) is 0.623. The van der Waals surface area contributed by atoms with Gasteiger partial charge >= 0.3 is 0 Å². The molecule has 0 bridgehead atoms. The van der Waals surface area contributed by atoms with Crippen molar-refractivity contribution in [2.45, 2.75) is 6.54 Å². The lowest BCUT2D eigenvalue weighted by atomic mass is 10.1. The Kier molecular flexibility index (Phi) is 3.57. The SMILES string of the molecule is Brc1cc(CNc2cccc3ccncc23)oc1Br. The zero-order valence-electron chi connectivity index (χ0n) is 9.86. The largest absolute Gasteiger partial charge is 0.451 e. The molecule has 0 fully saturated rings. The third-order valence-electron chi connectivity index (χ3n) is 2.83. The van der Waals surface area contributed by atoms with Crippen molar-refractivity contribution < 1.29 is 4.42 Å². The first-order valence-corrected chi connectivity index (χ1v) is 7.33. The summed E-state index contributed by atoms with van der Waals surface area (Å²) in [4.78, 5) is 4.17. The molecule has 0 saturated heterocycles. The average molecular weight is 382 g/mol. The first kappa shape index (κ1) is 12.7. The summed E-state index contributed by atoms with van der Waals surface area (Å²) in [5.41, 5.74) is 1.05. The topological polar surface area (TPSA) is 38.1 Å². The lowest BCUT2D eigenvalue weighted by molar-refractivity contribution is 0.494. The molecule has 19 heavy (non-hydrogen) atoms. The Bertz CT molecular complexity index is 700. The number of fused-ring (bicyclic) bond motifs is 1. The van der Waals surface area contributed by atoms with E-state index in [2.05, 4.69) is 48.2 Å². The second-order valence-corrected chi connectivity index (χ2v) is 5.66. The molecule has 0 aliphatic rings. The molecule has 0 amide bonds. The first-order valence-electron chi connectivity index (χ1n) is 5.74. The highest BCUT2D eigenvalue weighted by atomic mass is 79.9.